The molecule has 1 aliphatic heterocycles. The third-order valence-electron chi connectivity index (χ3n) is 6.36. The van der Waals surface area contributed by atoms with Gasteiger partial charge in [-0.25, -0.2) is 17.1 Å². The molecule has 1 aliphatic rings. The Bertz CT molecular complexity index is 1380. The van der Waals surface area contributed by atoms with E-state index in [-0.39, 0.29) is 23.2 Å². The number of methoxy groups -OCH3 is 2. The van der Waals surface area contributed by atoms with Gasteiger partial charge in [-0.05, 0) is 78.2 Å². The molecule has 0 aromatic heterocycles. The molecular weight excluding hydrogens is 499 g/mol. The van der Waals surface area contributed by atoms with Gasteiger partial charge in [-0.1, -0.05) is 0 Å². The van der Waals surface area contributed by atoms with Crippen molar-refractivity contribution in [3.8, 4) is 17.2 Å². The van der Waals surface area contributed by atoms with Crippen LogP contribution in [0.3, 0.4) is 0 Å². The Morgan fingerprint density at radius 2 is 1.62 bits per heavy atom. The van der Waals surface area contributed by atoms with Gasteiger partial charge in [-0.15, -0.1) is 0 Å². The standard InChI is InChI=1S/C27H29FN2O6S/c1-29(2)37(32,33)22-11-5-18(6-12-22)27(31)30-14-13-19-15-25(34-3)26(35-4)16-23(19)24(30)17-36-21-9-7-20(28)8-10-21/h5-12,15-16,24H,13-14,17H2,1-4H3/t24-/m0/s1. The van der Waals surface area contributed by atoms with Gasteiger partial charge in [-0.2, -0.15) is 0 Å². The molecule has 0 unspecified atom stereocenters. The van der Waals surface area contributed by atoms with Crippen molar-refractivity contribution in [3.63, 3.8) is 0 Å². The fraction of sp³-hybridized carbons (Fsp3) is 0.296. The maximum atomic E-state index is 13.7. The second kappa shape index (κ2) is 10.8. The van der Waals surface area contributed by atoms with Crippen LogP contribution in [0.15, 0.2) is 65.6 Å². The molecule has 0 spiro atoms. The molecule has 8 nitrogen and oxygen atoms in total. The fourth-order valence-corrected chi connectivity index (χ4v) is 5.20. The minimum atomic E-state index is -3.62. The highest BCUT2D eigenvalue weighted by molar-refractivity contribution is 7.89. The van der Waals surface area contributed by atoms with Crippen LogP contribution in [0.5, 0.6) is 17.2 Å². The number of halogens is 1. The third-order valence-corrected chi connectivity index (χ3v) is 8.19. The Morgan fingerprint density at radius 3 is 2.22 bits per heavy atom. The topological polar surface area (TPSA) is 85.4 Å². The fourth-order valence-electron chi connectivity index (χ4n) is 4.30. The number of nitrogens with zero attached hydrogens (tertiary/aromatic N) is 2. The number of benzene rings is 3. The van der Waals surface area contributed by atoms with E-state index in [4.69, 9.17) is 14.2 Å². The van der Waals surface area contributed by atoms with Crippen molar-refractivity contribution in [1.29, 1.82) is 0 Å². The molecule has 37 heavy (non-hydrogen) atoms. The zero-order valence-electron chi connectivity index (χ0n) is 21.1. The average Bonchev–Trinajstić information content (AvgIpc) is 2.91. The lowest BCUT2D eigenvalue weighted by Gasteiger charge is -2.37. The molecule has 3 aromatic carbocycles. The number of hydrogen-bond acceptors (Lipinski definition) is 6. The molecule has 10 heteroatoms. The number of amides is 1. The number of ether oxygens (including phenoxy) is 3. The van der Waals surface area contributed by atoms with Crippen LogP contribution in [0.4, 0.5) is 4.39 Å². The minimum Gasteiger partial charge on any atom is -0.493 e. The smallest absolute Gasteiger partial charge is 0.254 e. The predicted octanol–water partition coefficient (Wildman–Crippen LogP) is 3.91. The molecule has 196 valence electrons. The van der Waals surface area contributed by atoms with Crippen molar-refractivity contribution in [2.45, 2.75) is 17.4 Å². The largest absolute Gasteiger partial charge is 0.493 e. The van der Waals surface area contributed by atoms with Gasteiger partial charge < -0.3 is 19.1 Å². The summed E-state index contributed by atoms with van der Waals surface area (Å²) in [5, 5.41) is 0. The molecule has 0 saturated heterocycles. The van der Waals surface area contributed by atoms with E-state index in [2.05, 4.69) is 0 Å². The first-order valence-electron chi connectivity index (χ1n) is 11.6. The highest BCUT2D eigenvalue weighted by atomic mass is 32.2. The zero-order chi connectivity index (χ0) is 26.7. The van der Waals surface area contributed by atoms with Gasteiger partial charge in [0.05, 0.1) is 25.2 Å². The van der Waals surface area contributed by atoms with Crippen molar-refractivity contribution in [1.82, 2.24) is 9.21 Å². The minimum absolute atomic E-state index is 0.103. The van der Waals surface area contributed by atoms with Crippen molar-refractivity contribution in [2.24, 2.45) is 0 Å². The van der Waals surface area contributed by atoms with Crippen LogP contribution < -0.4 is 14.2 Å². The van der Waals surface area contributed by atoms with E-state index < -0.39 is 16.1 Å². The van der Waals surface area contributed by atoms with Crippen LogP contribution in [0.2, 0.25) is 0 Å². The number of carbonyl (C=O) groups excluding carboxylic acids is 1. The van der Waals surface area contributed by atoms with Gasteiger partial charge in [0.2, 0.25) is 10.0 Å². The monoisotopic (exact) mass is 528 g/mol. The van der Waals surface area contributed by atoms with E-state index in [1.54, 1.807) is 19.1 Å². The van der Waals surface area contributed by atoms with E-state index in [1.807, 2.05) is 12.1 Å². The maximum Gasteiger partial charge on any atom is 0.254 e. The lowest BCUT2D eigenvalue weighted by Crippen LogP contribution is -2.42. The SMILES string of the molecule is COc1cc2c(cc1OC)[C@H](COc1ccc(F)cc1)N(C(=O)c1ccc(S(=O)(=O)N(C)C)cc1)CC2. The summed E-state index contributed by atoms with van der Waals surface area (Å²) >= 11 is 0. The van der Waals surface area contributed by atoms with Crippen molar-refractivity contribution < 1.29 is 31.8 Å². The van der Waals surface area contributed by atoms with Crippen molar-refractivity contribution in [2.75, 3.05) is 41.5 Å². The Balaban J connectivity index is 1.68. The van der Waals surface area contributed by atoms with Gasteiger partial charge >= 0.3 is 0 Å². The van der Waals surface area contributed by atoms with Crippen LogP contribution in [0, 0.1) is 5.82 Å². The maximum absolute atomic E-state index is 13.7. The molecule has 1 atom stereocenters. The van der Waals surface area contributed by atoms with Crippen LogP contribution >= 0.6 is 0 Å². The van der Waals surface area contributed by atoms with Gasteiger partial charge in [0.1, 0.15) is 18.2 Å². The quantitative estimate of drug-likeness (QED) is 0.441. The van der Waals surface area contributed by atoms with Crippen LogP contribution in [-0.2, 0) is 16.4 Å². The average molecular weight is 529 g/mol. The zero-order valence-corrected chi connectivity index (χ0v) is 21.9. The van der Waals surface area contributed by atoms with Crippen LogP contribution in [0.1, 0.15) is 27.5 Å². The van der Waals surface area contributed by atoms with E-state index >= 15 is 0 Å². The Kier molecular flexibility index (Phi) is 7.70. The summed E-state index contributed by atoms with van der Waals surface area (Å²) in [5.41, 5.74) is 2.21. The normalized spacial score (nSPS) is 15.3. The highest BCUT2D eigenvalue weighted by Gasteiger charge is 2.33. The first-order valence-corrected chi connectivity index (χ1v) is 13.1. The first-order chi connectivity index (χ1) is 17.6. The van der Waals surface area contributed by atoms with Gasteiger partial charge in [0.25, 0.3) is 5.91 Å². The summed E-state index contributed by atoms with van der Waals surface area (Å²) in [6, 6.07) is 14.8. The molecule has 0 N–H and O–H groups in total. The Hall–Kier alpha value is -3.63. The number of rotatable bonds is 8. The third kappa shape index (κ3) is 5.40. The number of carbonyl (C=O) groups is 1. The van der Waals surface area contributed by atoms with Crippen LogP contribution in [-0.4, -0.2) is 65.0 Å². The van der Waals surface area contributed by atoms with Gasteiger partial charge in [0, 0.05) is 26.2 Å². The summed E-state index contributed by atoms with van der Waals surface area (Å²) in [7, 11) is 2.40. The molecule has 1 heterocycles. The molecular formula is C27H29FN2O6S. The number of fused-ring (bicyclic) bond motifs is 1. The van der Waals surface area contributed by atoms with E-state index in [0.29, 0.717) is 35.8 Å². The molecule has 0 bridgehead atoms. The molecule has 0 saturated carbocycles. The van der Waals surface area contributed by atoms with Gasteiger partial charge in [0.15, 0.2) is 11.5 Å². The molecule has 3 aromatic rings. The molecule has 0 fully saturated rings. The highest BCUT2D eigenvalue weighted by Crippen LogP contribution is 2.39. The van der Waals surface area contributed by atoms with Crippen LogP contribution in [0.25, 0.3) is 0 Å². The lowest BCUT2D eigenvalue weighted by atomic mass is 9.91. The first kappa shape index (κ1) is 26.4. The molecule has 4 rings (SSSR count). The second-order valence-corrected chi connectivity index (χ2v) is 10.9. The lowest BCUT2D eigenvalue weighted by molar-refractivity contribution is 0.0589. The second-order valence-electron chi connectivity index (χ2n) is 8.75. The predicted molar refractivity (Wildman–Crippen MR) is 136 cm³/mol. The Morgan fingerprint density at radius 1 is 1.00 bits per heavy atom. The summed E-state index contributed by atoms with van der Waals surface area (Å²) in [6.07, 6.45) is 0.585. The number of sulfonamides is 1. The van der Waals surface area contributed by atoms with Crippen molar-refractivity contribution in [3.05, 3.63) is 83.2 Å². The summed E-state index contributed by atoms with van der Waals surface area (Å²) < 4.78 is 56.3. The number of hydrogen-bond donors (Lipinski definition) is 0. The summed E-state index contributed by atoms with van der Waals surface area (Å²) in [5.74, 6) is 0.961. The van der Waals surface area contributed by atoms with E-state index in [9.17, 15) is 17.6 Å². The van der Waals surface area contributed by atoms with Gasteiger partial charge in [-0.3, -0.25) is 4.79 Å². The summed E-state index contributed by atoms with van der Waals surface area (Å²) in [6.45, 7) is 0.531. The van der Waals surface area contributed by atoms with E-state index in [0.717, 1.165) is 15.4 Å². The van der Waals surface area contributed by atoms with Crippen molar-refractivity contribution >= 4 is 15.9 Å². The Labute approximate surface area is 216 Å². The van der Waals surface area contributed by atoms with E-state index in [1.165, 1.54) is 62.6 Å². The molecule has 1 amide bonds. The molecule has 0 radical (unpaired) electrons. The summed E-state index contributed by atoms with van der Waals surface area (Å²) in [4.78, 5) is 15.5. The molecule has 0 aliphatic carbocycles.